The van der Waals surface area contributed by atoms with Crippen LogP contribution in [0.4, 0.5) is 0 Å². The van der Waals surface area contributed by atoms with Crippen LogP contribution in [-0.2, 0) is 6.54 Å². The number of rotatable bonds is 3. The Kier molecular flexibility index (Phi) is 5.96. The first kappa shape index (κ1) is 20.2. The van der Waals surface area contributed by atoms with Crippen LogP contribution in [0.15, 0.2) is 70.2 Å². The van der Waals surface area contributed by atoms with Crippen molar-refractivity contribution in [3.05, 3.63) is 81.4 Å². The van der Waals surface area contributed by atoms with E-state index in [1.165, 1.54) is 0 Å². The third-order valence-electron chi connectivity index (χ3n) is 4.63. The average molecular weight is 457 g/mol. The van der Waals surface area contributed by atoms with Crippen LogP contribution in [0.3, 0.4) is 0 Å². The molecule has 0 saturated carbocycles. The Balaban J connectivity index is 0.00000225. The molecule has 3 aromatic heterocycles. The summed E-state index contributed by atoms with van der Waals surface area (Å²) in [7, 11) is 0. The zero-order valence-corrected chi connectivity index (χ0v) is 17.9. The summed E-state index contributed by atoms with van der Waals surface area (Å²) in [5.74, 6) is 0. The molecule has 0 aliphatic rings. The van der Waals surface area contributed by atoms with Crippen LogP contribution < -0.4 is 5.56 Å². The molecule has 1 aromatic carbocycles. The van der Waals surface area contributed by atoms with E-state index >= 15 is 0 Å². The van der Waals surface area contributed by atoms with E-state index in [4.69, 9.17) is 0 Å². The number of pyridine rings is 3. The van der Waals surface area contributed by atoms with Crippen LogP contribution in [0, 0.1) is 6.92 Å². The van der Waals surface area contributed by atoms with Crippen LogP contribution in [-0.4, -0.2) is 14.5 Å². The standard InChI is InChI=1S/C22H18BrN3O.ClH/c1-3-26-21-18(10-9-14(2)25-21)19(15-6-4-8-17(23)12-15)20(22(26)27)16-7-5-11-24-13-16;/h4-13H,3H2,1-2H3;1H. The first-order chi connectivity index (χ1) is 13.1. The first-order valence-electron chi connectivity index (χ1n) is 8.80. The fraction of sp³-hybridized carbons (Fsp3) is 0.136. The molecule has 4 aromatic rings. The van der Waals surface area contributed by atoms with Gasteiger partial charge in [0, 0.05) is 45.6 Å². The Labute approximate surface area is 177 Å². The van der Waals surface area contributed by atoms with Gasteiger partial charge in [0.15, 0.2) is 0 Å². The van der Waals surface area contributed by atoms with Gasteiger partial charge >= 0.3 is 0 Å². The van der Waals surface area contributed by atoms with Gasteiger partial charge in [0.2, 0.25) is 0 Å². The lowest BCUT2D eigenvalue weighted by Gasteiger charge is -2.17. The number of fused-ring (bicyclic) bond motifs is 1. The van der Waals surface area contributed by atoms with Crippen molar-refractivity contribution in [3.63, 3.8) is 0 Å². The lowest BCUT2D eigenvalue weighted by molar-refractivity contribution is 0.750. The maximum atomic E-state index is 13.5. The van der Waals surface area contributed by atoms with Gasteiger partial charge in [0.05, 0.1) is 5.56 Å². The fourth-order valence-corrected chi connectivity index (χ4v) is 3.83. The number of halogens is 2. The maximum Gasteiger partial charge on any atom is 0.260 e. The minimum absolute atomic E-state index is 0. The zero-order chi connectivity index (χ0) is 19.0. The van der Waals surface area contributed by atoms with Crippen LogP contribution in [0.25, 0.3) is 33.3 Å². The van der Waals surface area contributed by atoms with Gasteiger partial charge < -0.3 is 0 Å². The lowest BCUT2D eigenvalue weighted by atomic mass is 9.93. The molecule has 0 spiro atoms. The molecule has 6 heteroatoms. The van der Waals surface area contributed by atoms with E-state index in [0.717, 1.165) is 32.2 Å². The van der Waals surface area contributed by atoms with Crippen LogP contribution in [0.2, 0.25) is 0 Å². The van der Waals surface area contributed by atoms with Crippen molar-refractivity contribution in [2.75, 3.05) is 0 Å². The summed E-state index contributed by atoms with van der Waals surface area (Å²) in [4.78, 5) is 22.4. The van der Waals surface area contributed by atoms with Crippen molar-refractivity contribution >= 4 is 39.4 Å². The molecule has 3 heterocycles. The van der Waals surface area contributed by atoms with Gasteiger partial charge in [-0.3, -0.25) is 14.3 Å². The van der Waals surface area contributed by atoms with Gasteiger partial charge in [-0.05, 0) is 49.7 Å². The largest absolute Gasteiger partial charge is 0.292 e. The van der Waals surface area contributed by atoms with Crippen LogP contribution >= 0.6 is 28.3 Å². The van der Waals surface area contributed by atoms with Crippen molar-refractivity contribution in [3.8, 4) is 22.3 Å². The van der Waals surface area contributed by atoms with Crippen LogP contribution in [0.1, 0.15) is 12.6 Å². The minimum Gasteiger partial charge on any atom is -0.292 e. The van der Waals surface area contributed by atoms with Crippen LogP contribution in [0.5, 0.6) is 0 Å². The van der Waals surface area contributed by atoms with E-state index in [9.17, 15) is 4.79 Å². The molecular weight excluding hydrogens is 438 g/mol. The third kappa shape index (κ3) is 3.48. The second-order valence-electron chi connectivity index (χ2n) is 6.38. The van der Waals surface area contributed by atoms with Crippen molar-refractivity contribution < 1.29 is 0 Å². The molecular formula is C22H19BrClN3O. The Morgan fingerprint density at radius 2 is 1.82 bits per heavy atom. The molecule has 0 unspecified atom stereocenters. The van der Waals surface area contributed by atoms with E-state index in [0.29, 0.717) is 17.8 Å². The molecule has 142 valence electrons. The molecule has 28 heavy (non-hydrogen) atoms. The quantitative estimate of drug-likeness (QED) is 0.401. The molecule has 0 fully saturated rings. The first-order valence-corrected chi connectivity index (χ1v) is 9.60. The van der Waals surface area contributed by atoms with Gasteiger partial charge in [0.25, 0.3) is 5.56 Å². The summed E-state index contributed by atoms with van der Waals surface area (Å²) in [6.45, 7) is 4.46. The molecule has 0 radical (unpaired) electrons. The summed E-state index contributed by atoms with van der Waals surface area (Å²) in [6, 6.07) is 15.8. The van der Waals surface area contributed by atoms with Gasteiger partial charge in [-0.25, -0.2) is 4.98 Å². The number of benzene rings is 1. The van der Waals surface area contributed by atoms with Crippen molar-refractivity contribution in [2.24, 2.45) is 0 Å². The Hall–Kier alpha value is -2.50. The van der Waals surface area contributed by atoms with Gasteiger partial charge in [-0.1, -0.05) is 34.1 Å². The van der Waals surface area contributed by atoms with E-state index in [1.807, 2.05) is 56.3 Å². The van der Waals surface area contributed by atoms with E-state index in [2.05, 4.69) is 32.0 Å². The monoisotopic (exact) mass is 455 g/mol. The Morgan fingerprint density at radius 3 is 2.50 bits per heavy atom. The molecule has 4 nitrogen and oxygen atoms in total. The molecule has 4 rings (SSSR count). The third-order valence-corrected chi connectivity index (χ3v) is 5.12. The van der Waals surface area contributed by atoms with Gasteiger partial charge in [-0.15, -0.1) is 12.4 Å². The van der Waals surface area contributed by atoms with E-state index in [-0.39, 0.29) is 18.0 Å². The van der Waals surface area contributed by atoms with Gasteiger partial charge in [-0.2, -0.15) is 0 Å². The zero-order valence-electron chi connectivity index (χ0n) is 15.5. The Morgan fingerprint density at radius 1 is 1.04 bits per heavy atom. The summed E-state index contributed by atoms with van der Waals surface area (Å²) in [6.07, 6.45) is 3.46. The summed E-state index contributed by atoms with van der Waals surface area (Å²) in [5.41, 5.74) is 4.87. The van der Waals surface area contributed by atoms with E-state index in [1.54, 1.807) is 17.0 Å². The molecule has 0 aliphatic heterocycles. The number of nitrogens with zero attached hydrogens (tertiary/aromatic N) is 3. The van der Waals surface area contributed by atoms with E-state index < -0.39 is 0 Å². The number of aryl methyl sites for hydroxylation is 2. The second kappa shape index (κ2) is 8.25. The van der Waals surface area contributed by atoms with Crippen molar-refractivity contribution in [1.82, 2.24) is 14.5 Å². The normalized spacial score (nSPS) is 10.7. The highest BCUT2D eigenvalue weighted by molar-refractivity contribution is 9.10. The molecule has 0 bridgehead atoms. The minimum atomic E-state index is -0.0499. The highest BCUT2D eigenvalue weighted by Crippen LogP contribution is 2.36. The molecule has 0 N–H and O–H groups in total. The highest BCUT2D eigenvalue weighted by atomic mass is 79.9. The number of hydrogen-bond donors (Lipinski definition) is 0. The van der Waals surface area contributed by atoms with Crippen molar-refractivity contribution in [2.45, 2.75) is 20.4 Å². The second-order valence-corrected chi connectivity index (χ2v) is 7.29. The maximum absolute atomic E-state index is 13.5. The fourth-order valence-electron chi connectivity index (χ4n) is 3.43. The SMILES string of the molecule is CCn1c(=O)c(-c2cccnc2)c(-c2cccc(Br)c2)c2ccc(C)nc21.Cl. The summed E-state index contributed by atoms with van der Waals surface area (Å²) >= 11 is 3.55. The lowest BCUT2D eigenvalue weighted by Crippen LogP contribution is -2.23. The number of hydrogen-bond acceptors (Lipinski definition) is 3. The highest BCUT2D eigenvalue weighted by Gasteiger charge is 2.20. The summed E-state index contributed by atoms with van der Waals surface area (Å²) in [5, 5.41) is 0.957. The smallest absolute Gasteiger partial charge is 0.260 e. The Bertz CT molecular complexity index is 1210. The molecule has 0 atom stereocenters. The summed E-state index contributed by atoms with van der Waals surface area (Å²) < 4.78 is 2.71. The molecule has 0 aliphatic carbocycles. The van der Waals surface area contributed by atoms with Gasteiger partial charge in [0.1, 0.15) is 5.65 Å². The molecule has 0 saturated heterocycles. The molecule has 0 amide bonds. The average Bonchev–Trinajstić information content (AvgIpc) is 2.67. The van der Waals surface area contributed by atoms with Crippen molar-refractivity contribution in [1.29, 1.82) is 0 Å². The predicted molar refractivity (Wildman–Crippen MR) is 120 cm³/mol. The topological polar surface area (TPSA) is 47.8 Å². The number of aromatic nitrogens is 3. The predicted octanol–water partition coefficient (Wildman–Crippen LogP) is 5.64.